The van der Waals surface area contributed by atoms with Crippen molar-refractivity contribution in [3.8, 4) is 0 Å². The summed E-state index contributed by atoms with van der Waals surface area (Å²) in [5, 5.41) is 3.04. The molecule has 2 fully saturated rings. The molecule has 132 valence electrons. The number of amides is 3. The summed E-state index contributed by atoms with van der Waals surface area (Å²) in [6.07, 6.45) is 3.97. The van der Waals surface area contributed by atoms with E-state index in [9.17, 15) is 9.59 Å². The quantitative estimate of drug-likeness (QED) is 0.764. The first-order chi connectivity index (χ1) is 10.8. The molecule has 0 aromatic heterocycles. The maximum atomic E-state index is 13.0. The highest BCUT2D eigenvalue weighted by atomic mass is 16.2. The van der Waals surface area contributed by atoms with Gasteiger partial charge in [-0.15, -0.1) is 0 Å². The van der Waals surface area contributed by atoms with Gasteiger partial charge in [-0.2, -0.15) is 0 Å². The zero-order valence-electron chi connectivity index (χ0n) is 15.4. The first-order valence-electron chi connectivity index (χ1n) is 9.12. The van der Waals surface area contributed by atoms with E-state index in [4.69, 9.17) is 0 Å². The van der Waals surface area contributed by atoms with Gasteiger partial charge in [-0.25, -0.2) is 9.69 Å². The number of nitrogens with zero attached hydrogens (tertiary/aromatic N) is 2. The maximum absolute atomic E-state index is 13.0. The van der Waals surface area contributed by atoms with E-state index < -0.39 is 5.54 Å². The van der Waals surface area contributed by atoms with Crippen molar-refractivity contribution in [1.29, 1.82) is 0 Å². The number of carbonyl (C=O) groups excluding carboxylic acids is 2. The van der Waals surface area contributed by atoms with Crippen LogP contribution in [-0.2, 0) is 4.79 Å². The Labute approximate surface area is 140 Å². The molecule has 2 aliphatic rings. The van der Waals surface area contributed by atoms with Crippen LogP contribution in [0.1, 0.15) is 60.3 Å². The maximum Gasteiger partial charge on any atom is 0.326 e. The Bertz CT molecular complexity index is 440. The zero-order chi connectivity index (χ0) is 17.2. The number of hydrogen-bond donors (Lipinski definition) is 1. The van der Waals surface area contributed by atoms with E-state index in [1.807, 2.05) is 0 Å². The van der Waals surface area contributed by atoms with E-state index in [2.05, 4.69) is 44.8 Å². The summed E-state index contributed by atoms with van der Waals surface area (Å²) in [5.74, 6) is 1.24. The number of imide groups is 1. The molecule has 0 aromatic rings. The van der Waals surface area contributed by atoms with Gasteiger partial charge in [0.15, 0.2) is 0 Å². The van der Waals surface area contributed by atoms with Crippen LogP contribution in [0.2, 0.25) is 0 Å². The Morgan fingerprint density at radius 3 is 2.30 bits per heavy atom. The van der Waals surface area contributed by atoms with Crippen LogP contribution >= 0.6 is 0 Å². The molecule has 0 radical (unpaired) electrons. The lowest BCUT2D eigenvalue weighted by atomic mass is 9.73. The van der Waals surface area contributed by atoms with E-state index in [1.54, 1.807) is 0 Å². The van der Waals surface area contributed by atoms with Gasteiger partial charge in [0.25, 0.3) is 5.91 Å². The number of nitrogens with one attached hydrogen (secondary N) is 1. The summed E-state index contributed by atoms with van der Waals surface area (Å²) in [4.78, 5) is 29.2. The third kappa shape index (κ3) is 3.87. The van der Waals surface area contributed by atoms with Gasteiger partial charge in [-0.1, -0.05) is 47.5 Å². The second kappa shape index (κ2) is 7.20. The molecular weight excluding hydrogens is 290 g/mol. The molecule has 1 saturated heterocycles. The Balaban J connectivity index is 2.12. The van der Waals surface area contributed by atoms with Crippen LogP contribution in [0.25, 0.3) is 0 Å². The average Bonchev–Trinajstić information content (AvgIpc) is 2.66. The predicted molar refractivity (Wildman–Crippen MR) is 91.9 cm³/mol. The number of urea groups is 1. The molecule has 0 aromatic carbocycles. The normalized spacial score (nSPS) is 28.5. The van der Waals surface area contributed by atoms with Crippen LogP contribution in [0.15, 0.2) is 0 Å². The minimum Gasteiger partial charge on any atom is -0.323 e. The SMILES string of the molecule is CC(C)CN(CC(C)C)CN1C(=O)NC2(CCCCC2C)C1=O. The van der Waals surface area contributed by atoms with Gasteiger partial charge < -0.3 is 5.32 Å². The average molecular weight is 323 g/mol. The Kier molecular flexibility index (Phi) is 5.71. The second-order valence-corrected chi connectivity index (χ2v) is 8.25. The molecule has 2 atom stereocenters. The molecule has 1 N–H and O–H groups in total. The third-order valence-electron chi connectivity index (χ3n) is 5.09. The Hall–Kier alpha value is -1.10. The van der Waals surface area contributed by atoms with Crippen molar-refractivity contribution >= 4 is 11.9 Å². The largest absolute Gasteiger partial charge is 0.326 e. The molecule has 1 aliphatic heterocycles. The summed E-state index contributed by atoms with van der Waals surface area (Å²) in [6.45, 7) is 13.0. The van der Waals surface area contributed by atoms with Crippen LogP contribution in [0.3, 0.4) is 0 Å². The van der Waals surface area contributed by atoms with Gasteiger partial charge in [-0.3, -0.25) is 9.69 Å². The highest BCUT2D eigenvalue weighted by Crippen LogP contribution is 2.38. The van der Waals surface area contributed by atoms with Gasteiger partial charge in [0.05, 0.1) is 6.67 Å². The molecule has 3 amide bonds. The van der Waals surface area contributed by atoms with E-state index >= 15 is 0 Å². The Morgan fingerprint density at radius 1 is 1.17 bits per heavy atom. The van der Waals surface area contributed by atoms with Crippen molar-refractivity contribution in [3.63, 3.8) is 0 Å². The molecule has 2 unspecified atom stereocenters. The highest BCUT2D eigenvalue weighted by Gasteiger charge is 2.54. The first-order valence-corrected chi connectivity index (χ1v) is 9.12. The molecule has 5 nitrogen and oxygen atoms in total. The standard InChI is InChI=1S/C18H33N3O2/c1-13(2)10-20(11-14(3)4)12-21-16(22)18(19-17(21)23)9-7-6-8-15(18)5/h13-15H,6-12H2,1-5H3,(H,19,23). The minimum atomic E-state index is -0.642. The van der Waals surface area contributed by atoms with E-state index in [0.717, 1.165) is 38.8 Å². The topological polar surface area (TPSA) is 52.6 Å². The van der Waals surface area contributed by atoms with Crippen molar-refractivity contribution in [2.75, 3.05) is 19.8 Å². The van der Waals surface area contributed by atoms with Crippen LogP contribution in [0.4, 0.5) is 4.79 Å². The number of rotatable bonds is 6. The molecule has 0 bridgehead atoms. The van der Waals surface area contributed by atoms with E-state index in [0.29, 0.717) is 18.5 Å². The molecule has 1 heterocycles. The van der Waals surface area contributed by atoms with Crippen LogP contribution < -0.4 is 5.32 Å². The molecule has 5 heteroatoms. The summed E-state index contributed by atoms with van der Waals surface area (Å²) < 4.78 is 0. The van der Waals surface area contributed by atoms with Gasteiger partial charge in [0.2, 0.25) is 0 Å². The molecular formula is C18H33N3O2. The fourth-order valence-corrected chi connectivity index (χ4v) is 4.05. The van der Waals surface area contributed by atoms with E-state index in [-0.39, 0.29) is 17.9 Å². The second-order valence-electron chi connectivity index (χ2n) is 8.25. The van der Waals surface area contributed by atoms with Crippen molar-refractivity contribution in [3.05, 3.63) is 0 Å². The zero-order valence-corrected chi connectivity index (χ0v) is 15.4. The lowest BCUT2D eigenvalue weighted by molar-refractivity contribution is -0.135. The highest BCUT2D eigenvalue weighted by molar-refractivity contribution is 6.07. The summed E-state index contributed by atoms with van der Waals surface area (Å²) >= 11 is 0. The van der Waals surface area contributed by atoms with Crippen molar-refractivity contribution in [2.45, 2.75) is 65.8 Å². The molecule has 23 heavy (non-hydrogen) atoms. The van der Waals surface area contributed by atoms with Gasteiger partial charge in [0.1, 0.15) is 5.54 Å². The smallest absolute Gasteiger partial charge is 0.323 e. The number of carbonyl (C=O) groups is 2. The summed E-state index contributed by atoms with van der Waals surface area (Å²) in [7, 11) is 0. The third-order valence-corrected chi connectivity index (χ3v) is 5.09. The molecule has 1 saturated carbocycles. The summed E-state index contributed by atoms with van der Waals surface area (Å²) in [6, 6.07) is -0.207. The fraction of sp³-hybridized carbons (Fsp3) is 0.889. The van der Waals surface area contributed by atoms with Crippen LogP contribution in [0.5, 0.6) is 0 Å². The lowest BCUT2D eigenvalue weighted by Gasteiger charge is -2.37. The monoisotopic (exact) mass is 323 g/mol. The van der Waals surface area contributed by atoms with Gasteiger partial charge in [-0.05, 0) is 30.6 Å². The van der Waals surface area contributed by atoms with E-state index in [1.165, 1.54) is 4.90 Å². The minimum absolute atomic E-state index is 0.00721. The van der Waals surface area contributed by atoms with Crippen LogP contribution in [-0.4, -0.2) is 47.0 Å². The summed E-state index contributed by atoms with van der Waals surface area (Å²) in [5.41, 5.74) is -0.642. The Morgan fingerprint density at radius 2 is 1.78 bits per heavy atom. The predicted octanol–water partition coefficient (Wildman–Crippen LogP) is 3.06. The lowest BCUT2D eigenvalue weighted by Crippen LogP contribution is -2.54. The number of hydrogen-bond acceptors (Lipinski definition) is 3. The first kappa shape index (κ1) is 18.2. The van der Waals surface area contributed by atoms with Crippen molar-refractivity contribution in [1.82, 2.24) is 15.1 Å². The molecule has 1 aliphatic carbocycles. The molecule has 2 rings (SSSR count). The van der Waals surface area contributed by atoms with Crippen molar-refractivity contribution < 1.29 is 9.59 Å². The fourth-order valence-electron chi connectivity index (χ4n) is 4.05. The molecule has 1 spiro atoms. The van der Waals surface area contributed by atoms with Crippen molar-refractivity contribution in [2.24, 2.45) is 17.8 Å². The van der Waals surface area contributed by atoms with Gasteiger partial charge in [0, 0.05) is 13.1 Å². The van der Waals surface area contributed by atoms with Crippen LogP contribution in [0, 0.1) is 17.8 Å². The van der Waals surface area contributed by atoms with Gasteiger partial charge >= 0.3 is 6.03 Å².